The lowest BCUT2D eigenvalue weighted by molar-refractivity contribution is -0.162. The van der Waals surface area contributed by atoms with Crippen molar-refractivity contribution in [2.45, 2.75) is 46.5 Å². The summed E-state index contributed by atoms with van der Waals surface area (Å²) in [4.78, 5) is 53.2. The van der Waals surface area contributed by atoms with Crippen LogP contribution < -0.4 is 0 Å². The summed E-state index contributed by atoms with van der Waals surface area (Å²) in [5.41, 5.74) is 0. The fraction of sp³-hybridized carbons (Fsp3) is 0.643. The van der Waals surface area contributed by atoms with Gasteiger partial charge in [-0.05, 0) is 13.8 Å². The van der Waals surface area contributed by atoms with Crippen LogP contribution in [0.1, 0.15) is 46.5 Å². The zero-order valence-corrected chi connectivity index (χ0v) is 13.5. The number of aliphatic carboxylic acids is 1. The summed E-state index contributed by atoms with van der Waals surface area (Å²) in [5.74, 6) is -3.53. The lowest BCUT2D eigenvalue weighted by Crippen LogP contribution is -2.16. The molecule has 0 saturated heterocycles. The first-order valence-corrected chi connectivity index (χ1v) is 6.97. The van der Waals surface area contributed by atoms with Crippen LogP contribution in [-0.2, 0) is 38.2 Å². The maximum Gasteiger partial charge on any atom is 0.314 e. The standard InChI is InChI=1S/C12H18O7.C2H4O2/c1-3-17-9(13)5-7-11(15)19-12(16)8-6-10(14)18-4-2;1-2(3)4/h3-8H2,1-2H3;1H3,(H,3,4). The molecule has 0 amide bonds. The Morgan fingerprint density at radius 3 is 1.22 bits per heavy atom. The third kappa shape index (κ3) is 19.6. The highest BCUT2D eigenvalue weighted by atomic mass is 16.6. The average molecular weight is 334 g/mol. The molecule has 0 atom stereocenters. The van der Waals surface area contributed by atoms with Gasteiger partial charge in [-0.1, -0.05) is 0 Å². The van der Waals surface area contributed by atoms with Crippen molar-refractivity contribution >= 4 is 29.8 Å². The average Bonchev–Trinajstić information content (AvgIpc) is 2.43. The largest absolute Gasteiger partial charge is 0.481 e. The maximum absolute atomic E-state index is 11.2. The van der Waals surface area contributed by atoms with Crippen molar-refractivity contribution in [1.82, 2.24) is 0 Å². The fourth-order valence-corrected chi connectivity index (χ4v) is 1.10. The van der Waals surface area contributed by atoms with E-state index in [1.54, 1.807) is 13.8 Å². The van der Waals surface area contributed by atoms with Crippen LogP contribution in [0.4, 0.5) is 0 Å². The molecule has 9 heteroatoms. The zero-order chi connectivity index (χ0) is 18.3. The summed E-state index contributed by atoms with van der Waals surface area (Å²) < 4.78 is 13.6. The van der Waals surface area contributed by atoms with E-state index in [2.05, 4.69) is 14.2 Å². The van der Waals surface area contributed by atoms with E-state index in [4.69, 9.17) is 9.90 Å². The molecule has 0 rings (SSSR count). The van der Waals surface area contributed by atoms with Gasteiger partial charge in [-0.2, -0.15) is 0 Å². The van der Waals surface area contributed by atoms with Crippen molar-refractivity contribution < 1.29 is 43.3 Å². The minimum absolute atomic E-state index is 0.141. The van der Waals surface area contributed by atoms with Gasteiger partial charge in [-0.3, -0.25) is 24.0 Å². The summed E-state index contributed by atoms with van der Waals surface area (Å²) >= 11 is 0. The van der Waals surface area contributed by atoms with Gasteiger partial charge in [0.25, 0.3) is 5.97 Å². The molecule has 0 fully saturated rings. The first-order valence-electron chi connectivity index (χ1n) is 6.97. The normalized spacial score (nSPS) is 9.00. The van der Waals surface area contributed by atoms with Crippen molar-refractivity contribution in [3.05, 3.63) is 0 Å². The second kappa shape index (κ2) is 14.5. The van der Waals surface area contributed by atoms with Crippen LogP contribution in [0.2, 0.25) is 0 Å². The molecule has 9 nitrogen and oxygen atoms in total. The molecular formula is C14H22O9. The molecule has 0 aliphatic rings. The first-order chi connectivity index (χ1) is 10.7. The maximum atomic E-state index is 11.2. The molecule has 0 saturated carbocycles. The molecule has 0 bridgehead atoms. The second-order valence-corrected chi connectivity index (χ2v) is 3.98. The highest BCUT2D eigenvalue weighted by Crippen LogP contribution is 2.00. The quantitative estimate of drug-likeness (QED) is 0.389. The van der Waals surface area contributed by atoms with E-state index in [1.807, 2.05) is 0 Å². The number of carbonyl (C=O) groups is 5. The first kappa shape index (κ1) is 22.8. The van der Waals surface area contributed by atoms with Gasteiger partial charge in [0, 0.05) is 6.92 Å². The van der Waals surface area contributed by atoms with Gasteiger partial charge in [0.15, 0.2) is 0 Å². The van der Waals surface area contributed by atoms with Crippen LogP contribution >= 0.6 is 0 Å². The Bertz CT molecular complexity index is 378. The Morgan fingerprint density at radius 1 is 0.696 bits per heavy atom. The molecule has 0 aliphatic carbocycles. The van der Waals surface area contributed by atoms with Gasteiger partial charge < -0.3 is 19.3 Å². The molecule has 0 aromatic rings. The van der Waals surface area contributed by atoms with Crippen LogP contribution in [0.3, 0.4) is 0 Å². The van der Waals surface area contributed by atoms with Crippen LogP contribution in [0, 0.1) is 0 Å². The van der Waals surface area contributed by atoms with Gasteiger partial charge in [-0.25, -0.2) is 0 Å². The molecule has 0 unspecified atom stereocenters. The summed E-state index contributed by atoms with van der Waals surface area (Å²) in [6.07, 6.45) is -0.746. The second-order valence-electron chi connectivity index (χ2n) is 3.98. The van der Waals surface area contributed by atoms with Crippen LogP contribution in [0.5, 0.6) is 0 Å². The number of carbonyl (C=O) groups excluding carboxylic acids is 4. The van der Waals surface area contributed by atoms with Crippen molar-refractivity contribution in [2.24, 2.45) is 0 Å². The van der Waals surface area contributed by atoms with Gasteiger partial charge in [-0.15, -0.1) is 0 Å². The highest BCUT2D eigenvalue weighted by molar-refractivity contribution is 5.88. The SMILES string of the molecule is CC(=O)O.CCOC(=O)CCC(=O)OC(=O)CCC(=O)OCC. The molecule has 23 heavy (non-hydrogen) atoms. The minimum Gasteiger partial charge on any atom is -0.481 e. The fourth-order valence-electron chi connectivity index (χ4n) is 1.10. The highest BCUT2D eigenvalue weighted by Gasteiger charge is 2.14. The van der Waals surface area contributed by atoms with Crippen molar-refractivity contribution in [3.8, 4) is 0 Å². The number of esters is 4. The van der Waals surface area contributed by atoms with Crippen LogP contribution in [0.15, 0.2) is 0 Å². The number of carboxylic acids is 1. The van der Waals surface area contributed by atoms with E-state index in [1.165, 1.54) is 0 Å². The Morgan fingerprint density at radius 2 is 0.957 bits per heavy atom. The molecule has 132 valence electrons. The third-order valence-corrected chi connectivity index (χ3v) is 1.90. The number of hydrogen-bond donors (Lipinski definition) is 1. The van der Waals surface area contributed by atoms with E-state index in [0.717, 1.165) is 6.92 Å². The Balaban J connectivity index is 0. The van der Waals surface area contributed by atoms with E-state index >= 15 is 0 Å². The van der Waals surface area contributed by atoms with Gasteiger partial charge in [0.05, 0.1) is 38.9 Å². The summed E-state index contributed by atoms with van der Waals surface area (Å²) in [5, 5.41) is 7.42. The van der Waals surface area contributed by atoms with E-state index < -0.39 is 29.8 Å². The van der Waals surface area contributed by atoms with Gasteiger partial charge in [0.2, 0.25) is 0 Å². The molecule has 0 radical (unpaired) electrons. The van der Waals surface area contributed by atoms with Crippen LogP contribution in [-0.4, -0.2) is 48.2 Å². The summed E-state index contributed by atoms with van der Waals surface area (Å²) in [6, 6.07) is 0. The Hall–Kier alpha value is -2.45. The lowest BCUT2D eigenvalue weighted by Gasteiger charge is -2.03. The molecule has 0 heterocycles. The van der Waals surface area contributed by atoms with E-state index in [0.29, 0.717) is 0 Å². The van der Waals surface area contributed by atoms with Crippen molar-refractivity contribution in [2.75, 3.05) is 13.2 Å². The molecule has 0 aromatic heterocycles. The van der Waals surface area contributed by atoms with Crippen LogP contribution in [0.25, 0.3) is 0 Å². The topological polar surface area (TPSA) is 133 Å². The number of carboxylic acid groups (broad SMARTS) is 1. The number of ether oxygens (including phenoxy) is 3. The third-order valence-electron chi connectivity index (χ3n) is 1.90. The Kier molecular flexibility index (Phi) is 14.4. The Labute approximate surface area is 133 Å². The lowest BCUT2D eigenvalue weighted by atomic mass is 10.3. The monoisotopic (exact) mass is 334 g/mol. The predicted molar refractivity (Wildman–Crippen MR) is 76.1 cm³/mol. The molecule has 1 N–H and O–H groups in total. The predicted octanol–water partition coefficient (Wildman–Crippen LogP) is 0.834. The summed E-state index contributed by atoms with van der Waals surface area (Å²) in [6.45, 7) is 4.84. The number of rotatable bonds is 8. The molecular weight excluding hydrogens is 312 g/mol. The smallest absolute Gasteiger partial charge is 0.314 e. The van der Waals surface area contributed by atoms with Gasteiger partial charge in [0.1, 0.15) is 0 Å². The number of hydrogen-bond acceptors (Lipinski definition) is 8. The minimum atomic E-state index is -0.833. The van der Waals surface area contributed by atoms with E-state index in [9.17, 15) is 19.2 Å². The van der Waals surface area contributed by atoms with Gasteiger partial charge >= 0.3 is 23.9 Å². The molecule has 0 aliphatic heterocycles. The summed E-state index contributed by atoms with van der Waals surface area (Å²) in [7, 11) is 0. The van der Waals surface area contributed by atoms with Crippen molar-refractivity contribution in [1.29, 1.82) is 0 Å². The molecule has 0 spiro atoms. The molecule has 0 aromatic carbocycles. The zero-order valence-electron chi connectivity index (χ0n) is 13.5. The van der Waals surface area contributed by atoms with Crippen molar-refractivity contribution in [3.63, 3.8) is 0 Å². The van der Waals surface area contributed by atoms with E-state index in [-0.39, 0.29) is 38.9 Å².